The van der Waals surface area contributed by atoms with Gasteiger partial charge in [0.25, 0.3) is 0 Å². The second-order valence-corrected chi connectivity index (χ2v) is 12.3. The second-order valence-electron chi connectivity index (χ2n) is 12.3. The Labute approximate surface area is 236 Å². The lowest BCUT2D eigenvalue weighted by Crippen LogP contribution is -2.41. The van der Waals surface area contributed by atoms with E-state index in [0.29, 0.717) is 23.6 Å². The number of imide groups is 1. The Balaban J connectivity index is 1.15. The van der Waals surface area contributed by atoms with E-state index in [0.717, 1.165) is 50.0 Å². The molecule has 2 aromatic carbocycles. The maximum atomic E-state index is 15.1. The van der Waals surface area contributed by atoms with Gasteiger partial charge in [0.1, 0.15) is 11.6 Å². The first kappa shape index (κ1) is 28.6. The van der Waals surface area contributed by atoms with Gasteiger partial charge in [-0.05, 0) is 95.0 Å². The quantitative estimate of drug-likeness (QED) is 0.404. The molecular weight excluding hydrogens is 510 g/mol. The minimum atomic E-state index is -0.475. The number of anilines is 1. The third-order valence-corrected chi connectivity index (χ3v) is 9.21. The number of hydrogen-bond acceptors (Lipinski definition) is 6. The number of aryl methyl sites for hydroxylation is 1. The molecular formula is C31H40BFN2O5. The van der Waals surface area contributed by atoms with Gasteiger partial charge >= 0.3 is 7.12 Å². The highest BCUT2D eigenvalue weighted by Gasteiger charge is 2.52. The highest BCUT2D eigenvalue weighted by molar-refractivity contribution is 6.63. The van der Waals surface area contributed by atoms with Crippen molar-refractivity contribution in [3.05, 3.63) is 53.3 Å². The SMILES string of the molecule is COc1cc(CCC2CCN(c3ccc(C4CCC(=O)NC4=O)cc3F)CC2)ccc1B1OC(C)(C)C(C)(C)O1. The molecule has 0 spiro atoms. The van der Waals surface area contributed by atoms with Gasteiger partial charge in [-0.2, -0.15) is 0 Å². The lowest BCUT2D eigenvalue weighted by atomic mass is 9.77. The Morgan fingerprint density at radius 1 is 1.02 bits per heavy atom. The summed E-state index contributed by atoms with van der Waals surface area (Å²) in [6.45, 7) is 9.77. The largest absolute Gasteiger partial charge is 0.498 e. The van der Waals surface area contributed by atoms with Crippen molar-refractivity contribution < 1.29 is 28.0 Å². The number of ether oxygens (including phenoxy) is 1. The topological polar surface area (TPSA) is 77.1 Å². The third kappa shape index (κ3) is 5.77. The van der Waals surface area contributed by atoms with E-state index in [-0.39, 0.29) is 24.1 Å². The normalized spacial score (nSPS) is 22.9. The first-order valence-corrected chi connectivity index (χ1v) is 14.4. The molecule has 214 valence electrons. The molecule has 2 aromatic rings. The van der Waals surface area contributed by atoms with Crippen LogP contribution in [-0.2, 0) is 25.3 Å². The maximum absolute atomic E-state index is 15.1. The van der Waals surface area contributed by atoms with Crippen molar-refractivity contribution in [3.8, 4) is 5.75 Å². The molecule has 0 bridgehead atoms. The van der Waals surface area contributed by atoms with Crippen molar-refractivity contribution >= 4 is 30.1 Å². The molecule has 5 rings (SSSR count). The van der Waals surface area contributed by atoms with E-state index in [9.17, 15) is 9.59 Å². The highest BCUT2D eigenvalue weighted by Crippen LogP contribution is 2.37. The van der Waals surface area contributed by atoms with Crippen molar-refractivity contribution in [2.75, 3.05) is 25.1 Å². The van der Waals surface area contributed by atoms with Crippen LogP contribution >= 0.6 is 0 Å². The van der Waals surface area contributed by atoms with Crippen LogP contribution in [0.1, 0.15) is 76.8 Å². The first-order valence-electron chi connectivity index (χ1n) is 14.4. The Hall–Kier alpha value is -2.91. The average molecular weight is 550 g/mol. The molecule has 1 unspecified atom stereocenters. The van der Waals surface area contributed by atoms with Crippen LogP contribution in [-0.4, -0.2) is 50.3 Å². The summed E-state index contributed by atoms with van der Waals surface area (Å²) < 4.78 is 33.3. The van der Waals surface area contributed by atoms with Crippen LogP contribution in [0.3, 0.4) is 0 Å². The molecule has 3 aliphatic rings. The summed E-state index contributed by atoms with van der Waals surface area (Å²) in [5.74, 6) is -0.0484. The highest BCUT2D eigenvalue weighted by atomic mass is 19.1. The lowest BCUT2D eigenvalue weighted by Gasteiger charge is -2.34. The van der Waals surface area contributed by atoms with Crippen LogP contribution < -0.4 is 20.4 Å². The third-order valence-electron chi connectivity index (χ3n) is 9.21. The summed E-state index contributed by atoms with van der Waals surface area (Å²) in [6.07, 6.45) is 4.70. The molecule has 0 aliphatic carbocycles. The predicted octanol–water partition coefficient (Wildman–Crippen LogP) is 4.50. The number of piperidine rings is 2. The Morgan fingerprint density at radius 2 is 1.73 bits per heavy atom. The number of carbonyl (C=O) groups is 2. The van der Waals surface area contributed by atoms with E-state index in [1.54, 1.807) is 13.2 Å². The molecule has 0 aromatic heterocycles. The van der Waals surface area contributed by atoms with Gasteiger partial charge in [0, 0.05) is 25.0 Å². The smallest absolute Gasteiger partial charge is 0.497 e. The number of rotatable bonds is 7. The monoisotopic (exact) mass is 550 g/mol. The minimum absolute atomic E-state index is 0.265. The van der Waals surface area contributed by atoms with Gasteiger partial charge in [-0.15, -0.1) is 0 Å². The van der Waals surface area contributed by atoms with Crippen LogP contribution in [0, 0.1) is 11.7 Å². The molecule has 2 amide bonds. The molecule has 9 heteroatoms. The van der Waals surface area contributed by atoms with Crippen molar-refractivity contribution in [2.24, 2.45) is 5.92 Å². The molecule has 3 saturated heterocycles. The van der Waals surface area contributed by atoms with Gasteiger partial charge in [-0.25, -0.2) is 4.39 Å². The van der Waals surface area contributed by atoms with Crippen molar-refractivity contribution in [3.63, 3.8) is 0 Å². The predicted molar refractivity (Wildman–Crippen MR) is 153 cm³/mol. The summed E-state index contributed by atoms with van der Waals surface area (Å²) in [5.41, 5.74) is 2.51. The number of nitrogens with one attached hydrogen (secondary N) is 1. The van der Waals surface area contributed by atoms with Crippen LogP contribution in [0.15, 0.2) is 36.4 Å². The number of nitrogens with zero attached hydrogens (tertiary/aromatic N) is 1. The van der Waals surface area contributed by atoms with E-state index >= 15 is 4.39 Å². The van der Waals surface area contributed by atoms with E-state index < -0.39 is 24.2 Å². The van der Waals surface area contributed by atoms with E-state index in [1.165, 1.54) is 11.6 Å². The van der Waals surface area contributed by atoms with Crippen LogP contribution in [0.2, 0.25) is 0 Å². The number of benzene rings is 2. The fraction of sp³-hybridized carbons (Fsp3) is 0.548. The second kappa shape index (κ2) is 11.2. The molecule has 7 nitrogen and oxygen atoms in total. The number of amides is 2. The fourth-order valence-electron chi connectivity index (χ4n) is 5.92. The van der Waals surface area contributed by atoms with Crippen LogP contribution in [0.4, 0.5) is 10.1 Å². The summed E-state index contributed by atoms with van der Waals surface area (Å²) in [4.78, 5) is 25.7. The summed E-state index contributed by atoms with van der Waals surface area (Å²) >= 11 is 0. The standard InChI is InChI=1S/C31H40BFN2O5/c1-30(2)31(3,4)40-32(39-30)24-11-8-21(18-27(24)38-5)7-6-20-14-16-35(17-15-20)26-12-9-22(19-25(26)33)23-10-13-28(36)34-29(23)37/h8-9,11-12,18-20,23H,6-7,10,13-17H2,1-5H3,(H,34,36,37). The number of methoxy groups -OCH3 is 1. The fourth-order valence-corrected chi connectivity index (χ4v) is 5.92. The van der Waals surface area contributed by atoms with Gasteiger partial charge in [0.05, 0.1) is 29.9 Å². The minimum Gasteiger partial charge on any atom is -0.497 e. The van der Waals surface area contributed by atoms with Gasteiger partial charge < -0.3 is 18.9 Å². The average Bonchev–Trinajstić information content (AvgIpc) is 3.13. The van der Waals surface area contributed by atoms with E-state index in [1.807, 2.05) is 33.8 Å². The van der Waals surface area contributed by atoms with Gasteiger partial charge in [0.15, 0.2) is 0 Å². The molecule has 3 aliphatic heterocycles. The Morgan fingerprint density at radius 3 is 2.35 bits per heavy atom. The summed E-state index contributed by atoms with van der Waals surface area (Å²) in [7, 11) is 1.22. The molecule has 0 radical (unpaired) electrons. The van der Waals surface area contributed by atoms with Crippen molar-refractivity contribution in [1.82, 2.24) is 5.32 Å². The van der Waals surface area contributed by atoms with Crippen LogP contribution in [0.25, 0.3) is 0 Å². The Kier molecular flexibility index (Phi) is 7.99. The van der Waals surface area contributed by atoms with E-state index in [2.05, 4.69) is 28.4 Å². The van der Waals surface area contributed by atoms with Gasteiger partial charge in [0.2, 0.25) is 11.8 Å². The zero-order valence-electron chi connectivity index (χ0n) is 24.2. The molecule has 1 atom stereocenters. The molecule has 40 heavy (non-hydrogen) atoms. The van der Waals surface area contributed by atoms with E-state index in [4.69, 9.17) is 14.0 Å². The molecule has 1 N–H and O–H groups in total. The van der Waals surface area contributed by atoms with Crippen molar-refractivity contribution in [2.45, 2.75) is 83.3 Å². The number of hydrogen-bond donors (Lipinski definition) is 1. The lowest BCUT2D eigenvalue weighted by molar-refractivity contribution is -0.134. The number of halogens is 1. The first-order chi connectivity index (χ1) is 19.0. The summed E-state index contributed by atoms with van der Waals surface area (Å²) in [6, 6.07) is 11.3. The molecule has 3 fully saturated rings. The zero-order valence-corrected chi connectivity index (χ0v) is 24.2. The van der Waals surface area contributed by atoms with Gasteiger partial charge in [-0.1, -0.05) is 18.2 Å². The molecule has 0 saturated carbocycles. The zero-order chi connectivity index (χ0) is 28.7. The van der Waals surface area contributed by atoms with Crippen LogP contribution in [0.5, 0.6) is 5.75 Å². The molecule has 3 heterocycles. The number of carbonyl (C=O) groups excluding carboxylic acids is 2. The summed E-state index contributed by atoms with van der Waals surface area (Å²) in [5, 5.41) is 2.35. The van der Waals surface area contributed by atoms with Crippen molar-refractivity contribution in [1.29, 1.82) is 0 Å². The Bertz CT molecular complexity index is 1260. The maximum Gasteiger partial charge on any atom is 0.498 e. The van der Waals surface area contributed by atoms with Gasteiger partial charge in [-0.3, -0.25) is 14.9 Å².